The van der Waals surface area contributed by atoms with E-state index in [4.69, 9.17) is 16.3 Å². The summed E-state index contributed by atoms with van der Waals surface area (Å²) < 4.78 is 5.30. The van der Waals surface area contributed by atoms with Crippen LogP contribution in [0.15, 0.2) is 12.1 Å². The third kappa shape index (κ3) is 1.58. The molecule has 0 spiro atoms. The summed E-state index contributed by atoms with van der Waals surface area (Å²) in [7, 11) is 1.68. The molecule has 0 aromatic heterocycles. The minimum atomic E-state index is 0.408. The molecule has 17 heavy (non-hydrogen) atoms. The Morgan fingerprint density at radius 1 is 1.47 bits per heavy atom. The van der Waals surface area contributed by atoms with Crippen molar-refractivity contribution in [2.24, 2.45) is 5.41 Å². The summed E-state index contributed by atoms with van der Waals surface area (Å²) in [5.74, 6) is 1.41. The van der Waals surface area contributed by atoms with E-state index in [0.29, 0.717) is 11.3 Å². The second-order valence-electron chi connectivity index (χ2n) is 5.49. The van der Waals surface area contributed by atoms with Crippen LogP contribution in [0.3, 0.4) is 0 Å². The van der Waals surface area contributed by atoms with Gasteiger partial charge < -0.3 is 10.1 Å². The molecule has 1 aliphatic heterocycles. The van der Waals surface area contributed by atoms with Crippen LogP contribution in [-0.2, 0) is 6.42 Å². The van der Waals surface area contributed by atoms with Crippen LogP contribution in [0.25, 0.3) is 0 Å². The van der Waals surface area contributed by atoms with Crippen molar-refractivity contribution in [1.82, 2.24) is 5.32 Å². The molecule has 0 saturated carbocycles. The summed E-state index contributed by atoms with van der Waals surface area (Å²) in [5.41, 5.74) is 3.14. The van der Waals surface area contributed by atoms with Gasteiger partial charge in [0.2, 0.25) is 0 Å². The van der Waals surface area contributed by atoms with Gasteiger partial charge >= 0.3 is 0 Å². The van der Waals surface area contributed by atoms with Crippen molar-refractivity contribution < 1.29 is 4.74 Å². The maximum atomic E-state index is 6.42. The van der Waals surface area contributed by atoms with Crippen molar-refractivity contribution in [3.8, 4) is 5.75 Å². The highest BCUT2D eigenvalue weighted by Crippen LogP contribution is 2.50. The Kier molecular flexibility index (Phi) is 2.60. The molecule has 2 atom stereocenters. The van der Waals surface area contributed by atoms with E-state index in [1.54, 1.807) is 7.11 Å². The highest BCUT2D eigenvalue weighted by atomic mass is 35.5. The van der Waals surface area contributed by atoms with E-state index in [1.165, 1.54) is 17.5 Å². The van der Waals surface area contributed by atoms with E-state index in [1.807, 2.05) is 6.07 Å². The van der Waals surface area contributed by atoms with Crippen molar-refractivity contribution >= 4 is 11.6 Å². The van der Waals surface area contributed by atoms with Crippen LogP contribution in [-0.4, -0.2) is 20.2 Å². The molecule has 1 aliphatic carbocycles. The fraction of sp³-hybridized carbons (Fsp3) is 0.571. The van der Waals surface area contributed by atoms with E-state index in [2.05, 4.69) is 18.3 Å². The van der Waals surface area contributed by atoms with Crippen molar-refractivity contribution in [3.05, 3.63) is 28.3 Å². The number of fused-ring (bicyclic) bond motifs is 3. The summed E-state index contributed by atoms with van der Waals surface area (Å²) in [6.45, 7) is 4.59. The third-order valence-electron chi connectivity index (χ3n) is 4.50. The van der Waals surface area contributed by atoms with Gasteiger partial charge in [-0.2, -0.15) is 0 Å². The summed E-state index contributed by atoms with van der Waals surface area (Å²) >= 11 is 6.42. The Hall–Kier alpha value is -0.730. The van der Waals surface area contributed by atoms with Gasteiger partial charge in [0, 0.05) is 19.0 Å². The molecular weight excluding hydrogens is 234 g/mol. The molecule has 1 heterocycles. The molecule has 3 rings (SSSR count). The fourth-order valence-corrected chi connectivity index (χ4v) is 3.73. The second kappa shape index (κ2) is 3.89. The van der Waals surface area contributed by atoms with Crippen molar-refractivity contribution in [1.29, 1.82) is 0 Å². The van der Waals surface area contributed by atoms with Crippen molar-refractivity contribution in [3.63, 3.8) is 0 Å². The number of rotatable bonds is 1. The van der Waals surface area contributed by atoms with Gasteiger partial charge in [0.1, 0.15) is 5.75 Å². The zero-order chi connectivity index (χ0) is 12.0. The third-order valence-corrected chi connectivity index (χ3v) is 4.92. The quantitative estimate of drug-likeness (QED) is 0.829. The number of hydrogen-bond donors (Lipinski definition) is 1. The summed E-state index contributed by atoms with van der Waals surface area (Å²) in [5, 5.41) is 4.34. The Labute approximate surface area is 107 Å². The zero-order valence-electron chi connectivity index (χ0n) is 10.3. The smallest absolute Gasteiger partial charge is 0.137 e. The summed E-state index contributed by atoms with van der Waals surface area (Å²) in [6, 6.07) is 4.21. The first-order valence-electron chi connectivity index (χ1n) is 6.22. The van der Waals surface area contributed by atoms with Gasteiger partial charge in [-0.3, -0.25) is 0 Å². The summed E-state index contributed by atoms with van der Waals surface area (Å²) in [6.07, 6.45) is 2.28. The minimum Gasteiger partial charge on any atom is -0.495 e. The fourth-order valence-electron chi connectivity index (χ4n) is 3.38. The van der Waals surface area contributed by atoms with Crippen LogP contribution in [0.1, 0.15) is 30.4 Å². The monoisotopic (exact) mass is 251 g/mol. The number of hydrogen-bond acceptors (Lipinski definition) is 2. The van der Waals surface area contributed by atoms with Crippen molar-refractivity contribution in [2.75, 3.05) is 20.2 Å². The number of benzene rings is 1. The van der Waals surface area contributed by atoms with Crippen LogP contribution in [0.4, 0.5) is 0 Å². The minimum absolute atomic E-state index is 0.408. The lowest BCUT2D eigenvalue weighted by atomic mass is 9.67. The van der Waals surface area contributed by atoms with Crippen molar-refractivity contribution in [2.45, 2.75) is 25.7 Å². The molecule has 0 radical (unpaired) electrons. The topological polar surface area (TPSA) is 21.3 Å². The Bertz CT molecular complexity index is 460. The Morgan fingerprint density at radius 2 is 2.29 bits per heavy atom. The highest BCUT2D eigenvalue weighted by molar-refractivity contribution is 6.33. The number of halogens is 1. The molecule has 0 amide bonds. The maximum absolute atomic E-state index is 6.42. The second-order valence-corrected chi connectivity index (χ2v) is 5.87. The molecule has 1 aromatic rings. The van der Waals surface area contributed by atoms with E-state index in [0.717, 1.165) is 30.3 Å². The van der Waals surface area contributed by atoms with Crippen LogP contribution >= 0.6 is 11.6 Å². The first-order chi connectivity index (χ1) is 8.15. The maximum Gasteiger partial charge on any atom is 0.137 e. The molecule has 1 saturated heterocycles. The van der Waals surface area contributed by atoms with E-state index >= 15 is 0 Å². The van der Waals surface area contributed by atoms with E-state index in [-0.39, 0.29) is 0 Å². The normalized spacial score (nSPS) is 30.9. The van der Waals surface area contributed by atoms with Gasteiger partial charge in [-0.1, -0.05) is 24.6 Å². The predicted octanol–water partition coefficient (Wildman–Crippen LogP) is 2.99. The molecular formula is C14H18ClNO. The average Bonchev–Trinajstić information content (AvgIpc) is 2.71. The SMILES string of the molecule is COc1ccc2c(c1Cl)CC[C@@]1(C)CNC[C@@H]21. The molecule has 1 fully saturated rings. The van der Waals surface area contributed by atoms with Gasteiger partial charge in [0.15, 0.2) is 0 Å². The van der Waals surface area contributed by atoms with Crippen LogP contribution < -0.4 is 10.1 Å². The Morgan fingerprint density at radius 3 is 3.06 bits per heavy atom. The molecule has 1 aromatic carbocycles. The average molecular weight is 252 g/mol. The largest absolute Gasteiger partial charge is 0.495 e. The predicted molar refractivity (Wildman–Crippen MR) is 70.0 cm³/mol. The number of ether oxygens (including phenoxy) is 1. The van der Waals surface area contributed by atoms with E-state index in [9.17, 15) is 0 Å². The Balaban J connectivity index is 2.11. The molecule has 2 nitrogen and oxygen atoms in total. The van der Waals surface area contributed by atoms with Gasteiger partial charge in [-0.15, -0.1) is 0 Å². The van der Waals surface area contributed by atoms with Crippen LogP contribution in [0.2, 0.25) is 5.02 Å². The zero-order valence-corrected chi connectivity index (χ0v) is 11.1. The molecule has 1 N–H and O–H groups in total. The van der Waals surface area contributed by atoms with Gasteiger partial charge in [-0.05, 0) is 35.4 Å². The molecule has 92 valence electrons. The molecule has 3 heteroatoms. The lowest BCUT2D eigenvalue weighted by Crippen LogP contribution is -2.30. The number of nitrogens with one attached hydrogen (secondary N) is 1. The standard InChI is InChI=1S/C14H18ClNO/c1-14-6-5-10-9(11(14)7-16-8-14)3-4-12(17-2)13(10)15/h3-4,11,16H,5-8H2,1-2H3/t11-,14-/m0/s1. The van der Waals surface area contributed by atoms with Crippen LogP contribution in [0.5, 0.6) is 5.75 Å². The van der Waals surface area contributed by atoms with E-state index < -0.39 is 0 Å². The lowest BCUT2D eigenvalue weighted by Gasteiger charge is -2.37. The highest BCUT2D eigenvalue weighted by Gasteiger charge is 2.43. The van der Waals surface area contributed by atoms with Gasteiger partial charge in [-0.25, -0.2) is 0 Å². The number of methoxy groups -OCH3 is 1. The lowest BCUT2D eigenvalue weighted by molar-refractivity contribution is 0.277. The molecule has 2 aliphatic rings. The molecule has 0 unspecified atom stereocenters. The van der Waals surface area contributed by atoms with Gasteiger partial charge in [0.05, 0.1) is 12.1 Å². The summed E-state index contributed by atoms with van der Waals surface area (Å²) in [4.78, 5) is 0. The molecule has 0 bridgehead atoms. The first-order valence-corrected chi connectivity index (χ1v) is 6.59. The van der Waals surface area contributed by atoms with Gasteiger partial charge in [0.25, 0.3) is 0 Å². The van der Waals surface area contributed by atoms with Crippen LogP contribution in [0, 0.1) is 5.41 Å². The first kappa shape index (κ1) is 11.4.